The van der Waals surface area contributed by atoms with Crippen molar-refractivity contribution in [3.8, 4) is 0 Å². The van der Waals surface area contributed by atoms with Gasteiger partial charge in [-0.05, 0) is 56.9 Å². The van der Waals surface area contributed by atoms with E-state index < -0.39 is 10.0 Å². The fourth-order valence-electron chi connectivity index (χ4n) is 2.92. The molecule has 140 valence electrons. The molecule has 0 aliphatic carbocycles. The Balaban J connectivity index is 1.72. The molecule has 1 N–H and O–H groups in total. The highest BCUT2D eigenvalue weighted by Crippen LogP contribution is 2.18. The second kappa shape index (κ2) is 7.20. The van der Waals surface area contributed by atoms with Gasteiger partial charge in [-0.2, -0.15) is 0 Å². The van der Waals surface area contributed by atoms with E-state index in [0.717, 1.165) is 37.1 Å². The standard InChI is InChI=1S/C18H23N3O4S/c1-12-6-7-15(10-13(12)2)26(23,24)19-11-16-20-17(14(3)25-16)18(22)21-8-4-5-9-21/h6-7,10,19H,4-5,8-9,11H2,1-3H3. The van der Waals surface area contributed by atoms with E-state index in [1.807, 2.05) is 13.8 Å². The van der Waals surface area contributed by atoms with Crippen LogP contribution >= 0.6 is 0 Å². The highest BCUT2D eigenvalue weighted by atomic mass is 32.2. The molecule has 0 radical (unpaired) electrons. The highest BCUT2D eigenvalue weighted by molar-refractivity contribution is 7.89. The van der Waals surface area contributed by atoms with Gasteiger partial charge in [0.1, 0.15) is 5.76 Å². The molecule has 1 amide bonds. The van der Waals surface area contributed by atoms with Gasteiger partial charge in [0.05, 0.1) is 11.4 Å². The predicted octanol–water partition coefficient (Wildman–Crippen LogP) is 2.31. The lowest BCUT2D eigenvalue weighted by Gasteiger charge is -2.13. The molecule has 1 aromatic heterocycles. The van der Waals surface area contributed by atoms with Crippen LogP contribution in [0.3, 0.4) is 0 Å². The van der Waals surface area contributed by atoms with Gasteiger partial charge in [0.15, 0.2) is 5.69 Å². The Morgan fingerprint density at radius 3 is 2.54 bits per heavy atom. The summed E-state index contributed by atoms with van der Waals surface area (Å²) in [6, 6.07) is 4.96. The van der Waals surface area contributed by atoms with E-state index in [2.05, 4.69) is 9.71 Å². The molecule has 1 fully saturated rings. The molecule has 26 heavy (non-hydrogen) atoms. The number of oxazole rings is 1. The molecule has 0 spiro atoms. The van der Waals surface area contributed by atoms with Crippen molar-refractivity contribution in [1.29, 1.82) is 0 Å². The highest BCUT2D eigenvalue weighted by Gasteiger charge is 2.25. The maximum absolute atomic E-state index is 12.4. The number of benzene rings is 1. The molecule has 1 aromatic carbocycles. The summed E-state index contributed by atoms with van der Waals surface area (Å²) in [4.78, 5) is 18.6. The van der Waals surface area contributed by atoms with Crippen molar-refractivity contribution in [1.82, 2.24) is 14.6 Å². The number of rotatable bonds is 5. The van der Waals surface area contributed by atoms with Crippen LogP contribution in [0.15, 0.2) is 27.5 Å². The Bertz CT molecular complexity index is 928. The van der Waals surface area contributed by atoms with E-state index in [9.17, 15) is 13.2 Å². The van der Waals surface area contributed by atoms with Gasteiger partial charge in [-0.1, -0.05) is 6.07 Å². The predicted molar refractivity (Wildman–Crippen MR) is 96.3 cm³/mol. The summed E-state index contributed by atoms with van der Waals surface area (Å²) >= 11 is 0. The van der Waals surface area contributed by atoms with Crippen LogP contribution in [0, 0.1) is 20.8 Å². The first-order valence-corrected chi connectivity index (χ1v) is 10.1. The van der Waals surface area contributed by atoms with Crippen molar-refractivity contribution in [3.63, 3.8) is 0 Å². The minimum atomic E-state index is -3.68. The maximum atomic E-state index is 12.4. The van der Waals surface area contributed by atoms with Gasteiger partial charge in [0.25, 0.3) is 5.91 Å². The van der Waals surface area contributed by atoms with Crippen LogP contribution in [0.5, 0.6) is 0 Å². The molecule has 2 heterocycles. The molecule has 0 bridgehead atoms. The molecule has 0 unspecified atom stereocenters. The van der Waals surface area contributed by atoms with Crippen LogP contribution in [0.2, 0.25) is 0 Å². The van der Waals surface area contributed by atoms with Gasteiger partial charge in [0.2, 0.25) is 15.9 Å². The number of hydrogen-bond acceptors (Lipinski definition) is 5. The molecule has 8 heteroatoms. The summed E-state index contributed by atoms with van der Waals surface area (Å²) in [5.41, 5.74) is 2.18. The minimum absolute atomic E-state index is 0.108. The quantitative estimate of drug-likeness (QED) is 0.863. The molecular weight excluding hydrogens is 354 g/mol. The number of amides is 1. The number of aromatic nitrogens is 1. The minimum Gasteiger partial charge on any atom is -0.444 e. The second-order valence-electron chi connectivity index (χ2n) is 6.58. The van der Waals surface area contributed by atoms with Crippen LogP contribution in [-0.4, -0.2) is 37.3 Å². The first-order chi connectivity index (χ1) is 12.3. The van der Waals surface area contributed by atoms with E-state index in [1.165, 1.54) is 0 Å². The first kappa shape index (κ1) is 18.6. The normalized spacial score (nSPS) is 14.8. The third kappa shape index (κ3) is 3.81. The number of sulfonamides is 1. The number of aryl methyl sites for hydroxylation is 3. The summed E-state index contributed by atoms with van der Waals surface area (Å²) in [7, 11) is -3.68. The SMILES string of the molecule is Cc1ccc(S(=O)(=O)NCc2nc(C(=O)N3CCCC3)c(C)o2)cc1C. The average molecular weight is 377 g/mol. The number of hydrogen-bond donors (Lipinski definition) is 1. The molecule has 2 aromatic rings. The molecule has 0 atom stereocenters. The Morgan fingerprint density at radius 2 is 1.88 bits per heavy atom. The third-order valence-electron chi connectivity index (χ3n) is 4.64. The summed E-state index contributed by atoms with van der Waals surface area (Å²) in [6.07, 6.45) is 1.98. The third-order valence-corrected chi connectivity index (χ3v) is 6.04. The molecule has 1 saturated heterocycles. The van der Waals surface area contributed by atoms with Crippen molar-refractivity contribution in [2.75, 3.05) is 13.1 Å². The van der Waals surface area contributed by atoms with Gasteiger partial charge in [0, 0.05) is 13.1 Å². The van der Waals surface area contributed by atoms with Crippen molar-refractivity contribution in [2.45, 2.75) is 45.1 Å². The molecule has 3 rings (SSSR count). The first-order valence-electron chi connectivity index (χ1n) is 8.60. The monoisotopic (exact) mass is 377 g/mol. The zero-order chi connectivity index (χ0) is 18.9. The van der Waals surface area contributed by atoms with E-state index >= 15 is 0 Å². The molecule has 0 saturated carbocycles. The molecule has 1 aliphatic heterocycles. The Kier molecular flexibility index (Phi) is 5.15. The number of nitrogens with one attached hydrogen (secondary N) is 1. The van der Waals surface area contributed by atoms with E-state index in [1.54, 1.807) is 30.0 Å². The lowest BCUT2D eigenvalue weighted by molar-refractivity contribution is 0.0786. The maximum Gasteiger partial charge on any atom is 0.276 e. The Hall–Kier alpha value is -2.19. The van der Waals surface area contributed by atoms with Crippen LogP contribution in [0.4, 0.5) is 0 Å². The lowest BCUT2D eigenvalue weighted by atomic mass is 10.1. The van der Waals surface area contributed by atoms with E-state index in [0.29, 0.717) is 5.76 Å². The Labute approximate surface area is 153 Å². The topological polar surface area (TPSA) is 92.5 Å². The Morgan fingerprint density at radius 1 is 1.19 bits per heavy atom. The summed E-state index contributed by atoms with van der Waals surface area (Å²) in [5.74, 6) is 0.423. The number of nitrogens with zero attached hydrogens (tertiary/aromatic N) is 2. The molecule has 7 nitrogen and oxygen atoms in total. The van der Waals surface area contributed by atoms with E-state index in [4.69, 9.17) is 4.42 Å². The van der Waals surface area contributed by atoms with Gasteiger partial charge < -0.3 is 9.32 Å². The van der Waals surface area contributed by atoms with Crippen molar-refractivity contribution < 1.29 is 17.6 Å². The second-order valence-corrected chi connectivity index (χ2v) is 8.35. The van der Waals surface area contributed by atoms with Gasteiger partial charge >= 0.3 is 0 Å². The number of likely N-dealkylation sites (tertiary alicyclic amines) is 1. The fraction of sp³-hybridized carbons (Fsp3) is 0.444. The van der Waals surface area contributed by atoms with Crippen molar-refractivity contribution in [3.05, 3.63) is 46.7 Å². The van der Waals surface area contributed by atoms with Crippen LogP contribution in [-0.2, 0) is 16.6 Å². The van der Waals surface area contributed by atoms with Crippen LogP contribution in [0.1, 0.15) is 46.1 Å². The zero-order valence-corrected chi connectivity index (χ0v) is 16.0. The van der Waals surface area contributed by atoms with E-state index in [-0.39, 0.29) is 28.9 Å². The summed E-state index contributed by atoms with van der Waals surface area (Å²) in [6.45, 7) is 6.79. The van der Waals surface area contributed by atoms with Crippen LogP contribution < -0.4 is 4.72 Å². The number of carbonyl (C=O) groups is 1. The van der Waals surface area contributed by atoms with Crippen LogP contribution in [0.25, 0.3) is 0 Å². The fourth-order valence-corrected chi connectivity index (χ4v) is 3.98. The lowest BCUT2D eigenvalue weighted by Crippen LogP contribution is -2.28. The van der Waals surface area contributed by atoms with Gasteiger partial charge in [-0.15, -0.1) is 0 Å². The zero-order valence-electron chi connectivity index (χ0n) is 15.2. The summed E-state index contributed by atoms with van der Waals surface area (Å²) in [5, 5.41) is 0. The van der Waals surface area contributed by atoms with Gasteiger partial charge in [-0.3, -0.25) is 4.79 Å². The number of carbonyl (C=O) groups excluding carboxylic acids is 1. The summed E-state index contributed by atoms with van der Waals surface area (Å²) < 4.78 is 32.9. The largest absolute Gasteiger partial charge is 0.444 e. The average Bonchev–Trinajstić information content (AvgIpc) is 3.24. The molecular formula is C18H23N3O4S. The smallest absolute Gasteiger partial charge is 0.276 e. The van der Waals surface area contributed by atoms with Crippen molar-refractivity contribution >= 4 is 15.9 Å². The van der Waals surface area contributed by atoms with Crippen molar-refractivity contribution in [2.24, 2.45) is 0 Å². The van der Waals surface area contributed by atoms with Gasteiger partial charge in [-0.25, -0.2) is 18.1 Å². The molecule has 1 aliphatic rings.